The van der Waals surface area contributed by atoms with Crippen molar-refractivity contribution in [2.45, 2.75) is 19.8 Å². The van der Waals surface area contributed by atoms with Gasteiger partial charge in [0.2, 0.25) is 5.91 Å². The minimum absolute atomic E-state index is 0.0184. The Morgan fingerprint density at radius 1 is 1.52 bits per heavy atom. The van der Waals surface area contributed by atoms with Crippen LogP contribution in [0.25, 0.3) is 0 Å². The highest BCUT2D eigenvalue weighted by atomic mass is 32.1. The van der Waals surface area contributed by atoms with Crippen molar-refractivity contribution in [3.8, 4) is 0 Å². The number of nitrogens with zero attached hydrogens (tertiary/aromatic N) is 3. The fourth-order valence-electron chi connectivity index (χ4n) is 1.90. The molecule has 0 spiro atoms. The second-order valence-electron chi connectivity index (χ2n) is 4.71. The maximum Gasteiger partial charge on any atom is 0.345 e. The SMILES string of the molecule is Cc1[nH]c(=O)n(C)c(=O)c1CCC(=O)Nc1ncc([N+](=O)[O-])s1. The van der Waals surface area contributed by atoms with E-state index in [4.69, 9.17) is 0 Å². The van der Waals surface area contributed by atoms with E-state index in [1.54, 1.807) is 6.92 Å². The Morgan fingerprint density at radius 3 is 2.83 bits per heavy atom. The molecule has 0 aromatic carbocycles. The van der Waals surface area contributed by atoms with Gasteiger partial charge in [-0.3, -0.25) is 24.3 Å². The number of nitro groups is 1. The lowest BCUT2D eigenvalue weighted by atomic mass is 10.1. The van der Waals surface area contributed by atoms with Gasteiger partial charge in [-0.05, 0) is 24.7 Å². The summed E-state index contributed by atoms with van der Waals surface area (Å²) in [5.74, 6) is -0.429. The number of carbonyl (C=O) groups excluding carboxylic acids is 1. The molecule has 0 fully saturated rings. The first-order valence-corrected chi connectivity index (χ1v) is 7.30. The molecule has 0 aliphatic rings. The number of hydrogen-bond acceptors (Lipinski definition) is 7. The molecule has 11 heteroatoms. The van der Waals surface area contributed by atoms with Crippen molar-refractivity contribution in [1.82, 2.24) is 14.5 Å². The zero-order valence-electron chi connectivity index (χ0n) is 12.3. The summed E-state index contributed by atoms with van der Waals surface area (Å²) in [7, 11) is 1.35. The summed E-state index contributed by atoms with van der Waals surface area (Å²) in [6.07, 6.45) is 1.17. The van der Waals surface area contributed by atoms with Crippen LogP contribution in [0.3, 0.4) is 0 Å². The number of anilines is 1. The Balaban J connectivity index is 2.05. The molecule has 0 unspecified atom stereocenters. The van der Waals surface area contributed by atoms with Crippen LogP contribution in [0.15, 0.2) is 15.8 Å². The number of nitrogens with one attached hydrogen (secondary N) is 2. The summed E-state index contributed by atoms with van der Waals surface area (Å²) in [6, 6.07) is 0. The summed E-state index contributed by atoms with van der Waals surface area (Å²) < 4.78 is 0.935. The fourth-order valence-corrected chi connectivity index (χ4v) is 2.55. The van der Waals surface area contributed by atoms with Gasteiger partial charge in [-0.2, -0.15) is 0 Å². The molecule has 2 aromatic heterocycles. The first kappa shape index (κ1) is 16.5. The number of thiazole rings is 1. The van der Waals surface area contributed by atoms with Crippen LogP contribution < -0.4 is 16.6 Å². The molecule has 2 aromatic rings. The number of aromatic amines is 1. The minimum Gasteiger partial charge on any atom is -0.311 e. The maximum absolute atomic E-state index is 12.0. The van der Waals surface area contributed by atoms with E-state index in [1.165, 1.54) is 7.05 Å². The smallest absolute Gasteiger partial charge is 0.311 e. The Kier molecular flexibility index (Phi) is 4.69. The van der Waals surface area contributed by atoms with Crippen LogP contribution in [0.1, 0.15) is 17.7 Å². The van der Waals surface area contributed by atoms with Gasteiger partial charge in [-0.1, -0.05) is 0 Å². The molecule has 0 bridgehead atoms. The topological polar surface area (TPSA) is 140 Å². The van der Waals surface area contributed by atoms with E-state index in [0.29, 0.717) is 11.3 Å². The van der Waals surface area contributed by atoms with E-state index in [9.17, 15) is 24.5 Å². The van der Waals surface area contributed by atoms with Crippen molar-refractivity contribution in [3.05, 3.63) is 48.4 Å². The third-order valence-electron chi connectivity index (χ3n) is 3.14. The Labute approximate surface area is 133 Å². The van der Waals surface area contributed by atoms with Crippen molar-refractivity contribution in [1.29, 1.82) is 0 Å². The van der Waals surface area contributed by atoms with Crippen molar-refractivity contribution in [3.63, 3.8) is 0 Å². The fraction of sp³-hybridized carbons (Fsp3) is 0.333. The molecule has 1 amide bonds. The zero-order chi connectivity index (χ0) is 17.1. The number of amides is 1. The standard InChI is InChI=1S/C12H13N5O5S/c1-6-7(10(19)16(2)12(20)14-6)3-4-8(18)15-11-13-5-9(23-11)17(21)22/h5H,3-4H2,1-2H3,(H,14,20)(H,13,15,18). The normalized spacial score (nSPS) is 10.5. The Bertz CT molecular complexity index is 881. The van der Waals surface area contributed by atoms with E-state index in [1.807, 2.05) is 0 Å². The number of aromatic nitrogens is 3. The number of carbonyl (C=O) groups is 1. The van der Waals surface area contributed by atoms with Crippen LogP contribution in [0, 0.1) is 17.0 Å². The van der Waals surface area contributed by atoms with E-state index >= 15 is 0 Å². The molecular formula is C12H13N5O5S. The molecular weight excluding hydrogens is 326 g/mol. The monoisotopic (exact) mass is 339 g/mol. The van der Waals surface area contributed by atoms with Crippen LogP contribution in [0.4, 0.5) is 10.1 Å². The van der Waals surface area contributed by atoms with Gasteiger partial charge in [-0.15, -0.1) is 0 Å². The van der Waals surface area contributed by atoms with Crippen LogP contribution in [0.2, 0.25) is 0 Å². The van der Waals surface area contributed by atoms with E-state index in [0.717, 1.165) is 22.1 Å². The second-order valence-corrected chi connectivity index (χ2v) is 5.72. The van der Waals surface area contributed by atoms with Gasteiger partial charge in [0.1, 0.15) is 6.20 Å². The molecule has 10 nitrogen and oxygen atoms in total. The van der Waals surface area contributed by atoms with Gasteiger partial charge in [-0.25, -0.2) is 9.78 Å². The van der Waals surface area contributed by atoms with Gasteiger partial charge < -0.3 is 10.3 Å². The zero-order valence-corrected chi connectivity index (χ0v) is 13.1. The Morgan fingerprint density at radius 2 is 2.22 bits per heavy atom. The van der Waals surface area contributed by atoms with E-state index < -0.39 is 22.1 Å². The van der Waals surface area contributed by atoms with Gasteiger partial charge in [0.15, 0.2) is 5.13 Å². The minimum atomic E-state index is -0.597. The molecule has 122 valence electrons. The molecule has 0 saturated heterocycles. The Hall–Kier alpha value is -2.82. The van der Waals surface area contributed by atoms with E-state index in [2.05, 4.69) is 15.3 Å². The predicted molar refractivity (Wildman–Crippen MR) is 82.8 cm³/mol. The molecule has 2 rings (SSSR count). The summed E-state index contributed by atoms with van der Waals surface area (Å²) in [4.78, 5) is 51.4. The molecule has 2 N–H and O–H groups in total. The highest BCUT2D eigenvalue weighted by Crippen LogP contribution is 2.24. The van der Waals surface area contributed by atoms with Gasteiger partial charge in [0, 0.05) is 24.7 Å². The molecule has 0 atom stereocenters. The molecule has 0 saturated carbocycles. The lowest BCUT2D eigenvalue weighted by Gasteiger charge is -2.06. The first-order valence-electron chi connectivity index (χ1n) is 6.48. The number of rotatable bonds is 5. The van der Waals surface area contributed by atoms with Crippen molar-refractivity contribution in [2.75, 3.05) is 5.32 Å². The molecule has 0 aliphatic carbocycles. The van der Waals surface area contributed by atoms with Crippen molar-refractivity contribution in [2.24, 2.45) is 7.05 Å². The number of aryl methyl sites for hydroxylation is 1. The molecule has 0 aliphatic heterocycles. The van der Waals surface area contributed by atoms with Crippen molar-refractivity contribution < 1.29 is 9.72 Å². The van der Waals surface area contributed by atoms with Gasteiger partial charge in [0.25, 0.3) is 5.56 Å². The predicted octanol–water partition coefficient (Wildman–Crippen LogP) is 0.318. The van der Waals surface area contributed by atoms with E-state index in [-0.39, 0.29) is 23.0 Å². The van der Waals surface area contributed by atoms with Crippen LogP contribution >= 0.6 is 11.3 Å². The quantitative estimate of drug-likeness (QED) is 0.594. The molecule has 23 heavy (non-hydrogen) atoms. The summed E-state index contributed by atoms with van der Waals surface area (Å²) in [6.45, 7) is 1.58. The van der Waals surface area contributed by atoms with Crippen LogP contribution in [-0.2, 0) is 18.3 Å². The largest absolute Gasteiger partial charge is 0.345 e. The van der Waals surface area contributed by atoms with Crippen LogP contribution in [-0.4, -0.2) is 25.4 Å². The van der Waals surface area contributed by atoms with Gasteiger partial charge in [0.05, 0.1) is 4.92 Å². The summed E-state index contributed by atoms with van der Waals surface area (Å²) in [5.41, 5.74) is -0.220. The molecule has 0 radical (unpaired) electrons. The van der Waals surface area contributed by atoms with Crippen LogP contribution in [0.5, 0.6) is 0 Å². The average Bonchev–Trinajstić information content (AvgIpc) is 2.93. The maximum atomic E-state index is 12.0. The average molecular weight is 339 g/mol. The second kappa shape index (κ2) is 6.52. The number of H-pyrrole nitrogens is 1. The highest BCUT2D eigenvalue weighted by molar-refractivity contribution is 7.18. The summed E-state index contributed by atoms with van der Waals surface area (Å²) in [5, 5.41) is 12.9. The third-order valence-corrected chi connectivity index (χ3v) is 4.00. The van der Waals surface area contributed by atoms with Crippen molar-refractivity contribution >= 4 is 27.4 Å². The molecule has 2 heterocycles. The first-order chi connectivity index (χ1) is 10.8. The number of hydrogen-bond donors (Lipinski definition) is 2. The summed E-state index contributed by atoms with van der Waals surface area (Å²) >= 11 is 0.746. The lowest BCUT2D eigenvalue weighted by Crippen LogP contribution is -2.36. The highest BCUT2D eigenvalue weighted by Gasteiger charge is 2.15. The third kappa shape index (κ3) is 3.69. The van der Waals surface area contributed by atoms with Gasteiger partial charge >= 0.3 is 10.7 Å². The lowest BCUT2D eigenvalue weighted by molar-refractivity contribution is -0.380.